The van der Waals surface area contributed by atoms with Crippen LogP contribution in [0.4, 0.5) is 0 Å². The molecule has 1 heterocycles. The Bertz CT molecular complexity index is 614. The van der Waals surface area contributed by atoms with Gasteiger partial charge in [-0.2, -0.15) is 5.10 Å². The fraction of sp³-hybridized carbons (Fsp3) is 0.444. The number of likely N-dealkylation sites (N-methyl/N-ethyl adjacent to an activating group) is 1. The fourth-order valence-electron chi connectivity index (χ4n) is 3.14. The summed E-state index contributed by atoms with van der Waals surface area (Å²) in [7, 11) is 1.94. The summed E-state index contributed by atoms with van der Waals surface area (Å²) < 4.78 is 1.82. The van der Waals surface area contributed by atoms with E-state index >= 15 is 0 Å². The summed E-state index contributed by atoms with van der Waals surface area (Å²) in [6.45, 7) is 0. The van der Waals surface area contributed by atoms with Gasteiger partial charge in [0.15, 0.2) is 0 Å². The molecular formula is C18H23N3O. The van der Waals surface area contributed by atoms with E-state index in [4.69, 9.17) is 0 Å². The number of hydrogen-bond donors (Lipinski definition) is 0. The molecule has 3 rings (SSSR count). The maximum atomic E-state index is 12.4. The number of amides is 1. The third kappa shape index (κ3) is 3.38. The van der Waals surface area contributed by atoms with Gasteiger partial charge < -0.3 is 4.90 Å². The molecule has 0 saturated heterocycles. The van der Waals surface area contributed by atoms with Crippen molar-refractivity contribution in [2.24, 2.45) is 0 Å². The molecule has 4 nitrogen and oxygen atoms in total. The maximum Gasteiger partial charge on any atom is 0.227 e. The van der Waals surface area contributed by atoms with Crippen molar-refractivity contribution in [1.29, 1.82) is 0 Å². The summed E-state index contributed by atoms with van der Waals surface area (Å²) in [6, 6.07) is 10.4. The van der Waals surface area contributed by atoms with Crippen LogP contribution in [0, 0.1) is 0 Å². The van der Waals surface area contributed by atoms with Gasteiger partial charge in [-0.1, -0.05) is 37.5 Å². The van der Waals surface area contributed by atoms with Crippen LogP contribution in [0.1, 0.15) is 37.7 Å². The van der Waals surface area contributed by atoms with Crippen molar-refractivity contribution in [1.82, 2.24) is 14.7 Å². The first-order valence-electron chi connectivity index (χ1n) is 8.08. The molecule has 1 fully saturated rings. The van der Waals surface area contributed by atoms with Gasteiger partial charge in [-0.15, -0.1) is 0 Å². The largest absolute Gasteiger partial charge is 0.342 e. The SMILES string of the molecule is CN(C(=O)Cc1cnn(-c2ccccc2)c1)C1CCCCC1. The summed E-state index contributed by atoms with van der Waals surface area (Å²) in [5, 5.41) is 4.36. The zero-order valence-corrected chi connectivity index (χ0v) is 13.1. The number of nitrogens with zero attached hydrogens (tertiary/aromatic N) is 3. The molecule has 1 amide bonds. The minimum absolute atomic E-state index is 0.194. The van der Waals surface area contributed by atoms with Crippen LogP contribution >= 0.6 is 0 Å². The summed E-state index contributed by atoms with van der Waals surface area (Å²) in [5.41, 5.74) is 1.98. The predicted molar refractivity (Wildman–Crippen MR) is 86.9 cm³/mol. The number of benzene rings is 1. The van der Waals surface area contributed by atoms with Gasteiger partial charge in [0.05, 0.1) is 18.3 Å². The Balaban J connectivity index is 1.63. The Labute approximate surface area is 131 Å². The second-order valence-electron chi connectivity index (χ2n) is 6.10. The molecule has 0 atom stereocenters. The van der Waals surface area contributed by atoms with Gasteiger partial charge in [-0.05, 0) is 30.5 Å². The minimum Gasteiger partial charge on any atom is -0.342 e. The molecular weight excluding hydrogens is 274 g/mol. The Kier molecular flexibility index (Phi) is 4.56. The summed E-state index contributed by atoms with van der Waals surface area (Å²) in [4.78, 5) is 14.4. The fourth-order valence-corrected chi connectivity index (χ4v) is 3.14. The topological polar surface area (TPSA) is 38.1 Å². The molecule has 22 heavy (non-hydrogen) atoms. The van der Waals surface area contributed by atoms with Gasteiger partial charge in [0.1, 0.15) is 0 Å². The molecule has 1 aromatic carbocycles. The van der Waals surface area contributed by atoms with Crippen LogP contribution < -0.4 is 0 Å². The minimum atomic E-state index is 0.194. The second kappa shape index (κ2) is 6.77. The van der Waals surface area contributed by atoms with Crippen molar-refractivity contribution in [2.75, 3.05) is 7.05 Å². The normalized spacial score (nSPS) is 15.7. The van der Waals surface area contributed by atoms with Gasteiger partial charge in [0, 0.05) is 19.3 Å². The van der Waals surface area contributed by atoms with E-state index in [2.05, 4.69) is 5.10 Å². The number of rotatable bonds is 4. The van der Waals surface area contributed by atoms with Crippen molar-refractivity contribution in [3.8, 4) is 5.69 Å². The lowest BCUT2D eigenvalue weighted by atomic mass is 9.94. The van der Waals surface area contributed by atoms with Crippen molar-refractivity contribution in [2.45, 2.75) is 44.6 Å². The van der Waals surface area contributed by atoms with Gasteiger partial charge in [-0.25, -0.2) is 4.68 Å². The van der Waals surface area contributed by atoms with Gasteiger partial charge >= 0.3 is 0 Å². The molecule has 1 aliphatic carbocycles. The smallest absolute Gasteiger partial charge is 0.227 e. The van der Waals surface area contributed by atoms with Crippen LogP contribution in [-0.2, 0) is 11.2 Å². The lowest BCUT2D eigenvalue weighted by molar-refractivity contribution is -0.131. The average Bonchev–Trinajstić information content (AvgIpc) is 3.04. The Morgan fingerprint density at radius 2 is 1.95 bits per heavy atom. The summed E-state index contributed by atoms with van der Waals surface area (Å²) in [6.07, 6.45) is 10.3. The number of hydrogen-bond acceptors (Lipinski definition) is 2. The van der Waals surface area contributed by atoms with Crippen molar-refractivity contribution in [3.63, 3.8) is 0 Å². The lowest BCUT2D eigenvalue weighted by Crippen LogP contribution is -2.39. The molecule has 0 unspecified atom stereocenters. The average molecular weight is 297 g/mol. The van der Waals surface area contributed by atoms with E-state index in [0.29, 0.717) is 12.5 Å². The highest BCUT2D eigenvalue weighted by Gasteiger charge is 2.22. The van der Waals surface area contributed by atoms with Crippen LogP contribution in [0.25, 0.3) is 5.69 Å². The number of para-hydroxylation sites is 1. The molecule has 116 valence electrons. The van der Waals surface area contributed by atoms with E-state index in [1.165, 1.54) is 19.3 Å². The molecule has 0 bridgehead atoms. The predicted octanol–water partition coefficient (Wildman–Crippen LogP) is 3.21. The molecule has 0 N–H and O–H groups in total. The Hall–Kier alpha value is -2.10. The van der Waals surface area contributed by atoms with Crippen LogP contribution in [0.3, 0.4) is 0 Å². The zero-order chi connectivity index (χ0) is 15.4. The van der Waals surface area contributed by atoms with Crippen molar-refractivity contribution in [3.05, 3.63) is 48.3 Å². The summed E-state index contributed by atoms with van der Waals surface area (Å²) >= 11 is 0. The highest BCUT2D eigenvalue weighted by molar-refractivity contribution is 5.78. The van der Waals surface area contributed by atoms with Crippen molar-refractivity contribution >= 4 is 5.91 Å². The number of aromatic nitrogens is 2. The highest BCUT2D eigenvalue weighted by atomic mass is 16.2. The molecule has 4 heteroatoms. The van der Waals surface area contributed by atoms with Gasteiger partial charge in [0.25, 0.3) is 0 Å². The van der Waals surface area contributed by atoms with Crippen molar-refractivity contribution < 1.29 is 4.79 Å². The monoisotopic (exact) mass is 297 g/mol. The van der Waals surface area contributed by atoms with Gasteiger partial charge in [0.2, 0.25) is 5.91 Å². The van der Waals surface area contributed by atoms with E-state index in [9.17, 15) is 4.79 Å². The van der Waals surface area contributed by atoms with E-state index in [0.717, 1.165) is 24.1 Å². The first-order chi connectivity index (χ1) is 10.7. The number of carbonyl (C=O) groups excluding carboxylic acids is 1. The van der Waals surface area contributed by atoms with Crippen LogP contribution in [-0.4, -0.2) is 33.7 Å². The quantitative estimate of drug-likeness (QED) is 0.869. The Morgan fingerprint density at radius 3 is 2.68 bits per heavy atom. The standard InChI is InChI=1S/C18H23N3O/c1-20(16-8-4-2-5-9-16)18(22)12-15-13-19-21(14-15)17-10-6-3-7-11-17/h3,6-7,10-11,13-14,16H,2,4-5,8-9,12H2,1H3. The first-order valence-corrected chi connectivity index (χ1v) is 8.08. The zero-order valence-electron chi connectivity index (χ0n) is 13.1. The highest BCUT2D eigenvalue weighted by Crippen LogP contribution is 2.22. The van der Waals surface area contributed by atoms with E-state index in [1.54, 1.807) is 6.20 Å². The molecule has 0 aliphatic heterocycles. The Morgan fingerprint density at radius 1 is 1.23 bits per heavy atom. The summed E-state index contributed by atoms with van der Waals surface area (Å²) in [5.74, 6) is 0.194. The van der Waals surface area contributed by atoms with Crippen LogP contribution in [0.15, 0.2) is 42.7 Å². The molecule has 1 saturated carbocycles. The van der Waals surface area contributed by atoms with E-state index in [1.807, 2.05) is 53.2 Å². The van der Waals surface area contributed by atoms with Gasteiger partial charge in [-0.3, -0.25) is 4.79 Å². The van der Waals surface area contributed by atoms with E-state index < -0.39 is 0 Å². The lowest BCUT2D eigenvalue weighted by Gasteiger charge is -2.31. The maximum absolute atomic E-state index is 12.4. The molecule has 1 aromatic heterocycles. The molecule has 2 aromatic rings. The van der Waals surface area contributed by atoms with Crippen LogP contribution in [0.5, 0.6) is 0 Å². The third-order valence-corrected chi connectivity index (χ3v) is 4.53. The molecule has 1 aliphatic rings. The number of carbonyl (C=O) groups is 1. The second-order valence-corrected chi connectivity index (χ2v) is 6.10. The van der Waals surface area contributed by atoms with Crippen LogP contribution in [0.2, 0.25) is 0 Å². The van der Waals surface area contributed by atoms with E-state index in [-0.39, 0.29) is 5.91 Å². The molecule has 0 radical (unpaired) electrons. The molecule has 0 spiro atoms. The first kappa shape index (κ1) is 14.8. The third-order valence-electron chi connectivity index (χ3n) is 4.53.